The molecule has 0 spiro atoms. The van der Waals surface area contributed by atoms with Crippen molar-refractivity contribution in [2.45, 2.75) is 19.4 Å². The fourth-order valence-corrected chi connectivity index (χ4v) is 4.54. The van der Waals surface area contributed by atoms with Crippen molar-refractivity contribution in [3.05, 3.63) is 105 Å². The Balaban J connectivity index is 1.59. The first-order valence-corrected chi connectivity index (χ1v) is 11.3. The lowest BCUT2D eigenvalue weighted by Gasteiger charge is -2.17. The Bertz CT molecular complexity index is 1480. The standard InChI is InChI=1S/C27H25N3O4/c1-34-24-11-5-4-10-23(24)30-26(32)21-8-2-3-9-22(21)29(27(30)33)18-19-12-14-20(15-13-19)25(31)28-16-6-7-17-28/h2-5,8-15H,6-7,16-18H2,1H3. The number of fused-ring (bicyclic) bond motifs is 1. The van der Waals surface area contributed by atoms with Gasteiger partial charge < -0.3 is 9.64 Å². The molecule has 0 unspecified atom stereocenters. The van der Waals surface area contributed by atoms with E-state index >= 15 is 0 Å². The summed E-state index contributed by atoms with van der Waals surface area (Å²) in [6, 6.07) is 21.4. The second kappa shape index (κ2) is 9.02. The second-order valence-electron chi connectivity index (χ2n) is 8.39. The molecular formula is C27H25N3O4. The molecule has 0 bridgehead atoms. The maximum Gasteiger partial charge on any atom is 0.336 e. The van der Waals surface area contributed by atoms with Crippen LogP contribution < -0.4 is 16.0 Å². The average Bonchev–Trinajstić information content (AvgIpc) is 3.42. The first kappa shape index (κ1) is 21.7. The summed E-state index contributed by atoms with van der Waals surface area (Å²) >= 11 is 0. The van der Waals surface area contributed by atoms with Crippen LogP contribution in [0.15, 0.2) is 82.4 Å². The maximum atomic E-state index is 13.6. The summed E-state index contributed by atoms with van der Waals surface area (Å²) in [5, 5.41) is 0.439. The Kier molecular flexibility index (Phi) is 5.76. The fourth-order valence-electron chi connectivity index (χ4n) is 4.54. The number of ether oxygens (including phenoxy) is 1. The van der Waals surface area contributed by atoms with E-state index in [9.17, 15) is 14.4 Å². The van der Waals surface area contributed by atoms with Gasteiger partial charge in [0.2, 0.25) is 0 Å². The molecular weight excluding hydrogens is 430 g/mol. The zero-order chi connectivity index (χ0) is 23.7. The molecule has 1 saturated heterocycles. The molecule has 1 aromatic heterocycles. The number of hydrogen-bond acceptors (Lipinski definition) is 4. The summed E-state index contributed by atoms with van der Waals surface area (Å²) in [6.45, 7) is 1.85. The average molecular weight is 456 g/mol. The quantitative estimate of drug-likeness (QED) is 0.462. The Morgan fingerprint density at radius 3 is 2.29 bits per heavy atom. The molecule has 0 N–H and O–H groups in total. The third-order valence-electron chi connectivity index (χ3n) is 6.31. The number of para-hydroxylation sites is 3. The van der Waals surface area contributed by atoms with Crippen LogP contribution in [0.3, 0.4) is 0 Å². The van der Waals surface area contributed by atoms with E-state index in [0.29, 0.717) is 27.9 Å². The molecule has 0 atom stereocenters. The van der Waals surface area contributed by atoms with Crippen molar-refractivity contribution in [2.75, 3.05) is 20.2 Å². The van der Waals surface area contributed by atoms with E-state index in [-0.39, 0.29) is 12.5 Å². The minimum atomic E-state index is -0.453. The summed E-state index contributed by atoms with van der Waals surface area (Å²) in [6.07, 6.45) is 2.09. The Hall–Kier alpha value is -4.13. The molecule has 2 heterocycles. The molecule has 0 radical (unpaired) electrons. The van der Waals surface area contributed by atoms with Gasteiger partial charge in [0.15, 0.2) is 0 Å². The third-order valence-corrected chi connectivity index (χ3v) is 6.31. The highest BCUT2D eigenvalue weighted by Gasteiger charge is 2.20. The van der Waals surface area contributed by atoms with Crippen LogP contribution in [-0.4, -0.2) is 40.1 Å². The monoisotopic (exact) mass is 455 g/mol. The van der Waals surface area contributed by atoms with Gasteiger partial charge in [0, 0.05) is 18.7 Å². The number of aromatic nitrogens is 2. The van der Waals surface area contributed by atoms with Gasteiger partial charge in [0.1, 0.15) is 5.75 Å². The lowest BCUT2D eigenvalue weighted by Crippen LogP contribution is -2.39. The van der Waals surface area contributed by atoms with Gasteiger partial charge in [-0.1, -0.05) is 36.4 Å². The van der Waals surface area contributed by atoms with Gasteiger partial charge in [-0.3, -0.25) is 14.2 Å². The highest BCUT2D eigenvalue weighted by atomic mass is 16.5. The predicted octanol–water partition coefficient (Wildman–Crippen LogP) is 3.45. The number of likely N-dealkylation sites (tertiary alicyclic amines) is 1. The first-order chi connectivity index (χ1) is 16.6. The van der Waals surface area contributed by atoms with E-state index in [1.54, 1.807) is 59.2 Å². The van der Waals surface area contributed by atoms with Crippen LogP contribution in [0.2, 0.25) is 0 Å². The Morgan fingerprint density at radius 1 is 0.882 bits per heavy atom. The van der Waals surface area contributed by atoms with Gasteiger partial charge in [-0.2, -0.15) is 0 Å². The molecule has 5 rings (SSSR count). The number of hydrogen-bond donors (Lipinski definition) is 0. The summed E-state index contributed by atoms with van der Waals surface area (Å²) in [4.78, 5) is 41.5. The van der Waals surface area contributed by atoms with Gasteiger partial charge in [0.25, 0.3) is 11.5 Å². The van der Waals surface area contributed by atoms with Crippen molar-refractivity contribution < 1.29 is 9.53 Å². The van der Waals surface area contributed by atoms with Crippen molar-refractivity contribution in [1.29, 1.82) is 0 Å². The summed E-state index contributed by atoms with van der Waals surface area (Å²) in [5.41, 5.74) is 1.60. The number of amides is 1. The molecule has 172 valence electrons. The molecule has 34 heavy (non-hydrogen) atoms. The number of carbonyl (C=O) groups excluding carboxylic acids is 1. The Labute approximate surface area is 196 Å². The van der Waals surface area contributed by atoms with Gasteiger partial charge in [-0.05, 0) is 54.8 Å². The predicted molar refractivity (Wildman–Crippen MR) is 131 cm³/mol. The molecule has 1 aliphatic rings. The molecule has 7 heteroatoms. The van der Waals surface area contributed by atoms with Crippen molar-refractivity contribution >= 4 is 16.8 Å². The van der Waals surface area contributed by atoms with Crippen LogP contribution >= 0.6 is 0 Å². The number of carbonyl (C=O) groups is 1. The lowest BCUT2D eigenvalue weighted by atomic mass is 10.1. The van der Waals surface area contributed by atoms with Crippen molar-refractivity contribution in [1.82, 2.24) is 14.0 Å². The highest BCUT2D eigenvalue weighted by Crippen LogP contribution is 2.21. The van der Waals surface area contributed by atoms with Gasteiger partial charge >= 0.3 is 5.69 Å². The zero-order valence-electron chi connectivity index (χ0n) is 18.9. The van der Waals surface area contributed by atoms with Crippen LogP contribution in [0.1, 0.15) is 28.8 Å². The number of nitrogens with zero attached hydrogens (tertiary/aromatic N) is 3. The Morgan fingerprint density at radius 2 is 1.56 bits per heavy atom. The summed E-state index contributed by atoms with van der Waals surface area (Å²) in [7, 11) is 1.51. The smallest absolute Gasteiger partial charge is 0.336 e. The molecule has 1 amide bonds. The van der Waals surface area contributed by atoms with Crippen LogP contribution in [-0.2, 0) is 6.54 Å². The van der Waals surface area contributed by atoms with E-state index in [2.05, 4.69) is 0 Å². The largest absolute Gasteiger partial charge is 0.495 e. The van der Waals surface area contributed by atoms with Crippen LogP contribution in [0.5, 0.6) is 5.75 Å². The molecule has 0 aliphatic carbocycles. The van der Waals surface area contributed by atoms with E-state index in [1.807, 2.05) is 23.1 Å². The summed E-state index contributed by atoms with van der Waals surface area (Å²) < 4.78 is 8.16. The van der Waals surface area contributed by atoms with E-state index < -0.39 is 11.2 Å². The van der Waals surface area contributed by atoms with Crippen molar-refractivity contribution in [2.24, 2.45) is 0 Å². The zero-order valence-corrected chi connectivity index (χ0v) is 18.9. The van der Waals surface area contributed by atoms with Gasteiger partial charge in [0.05, 0.1) is 30.2 Å². The topological polar surface area (TPSA) is 73.5 Å². The van der Waals surface area contributed by atoms with Crippen LogP contribution in [0, 0.1) is 0 Å². The minimum Gasteiger partial charge on any atom is -0.495 e. The number of methoxy groups -OCH3 is 1. The lowest BCUT2D eigenvalue weighted by molar-refractivity contribution is 0.0793. The minimum absolute atomic E-state index is 0.0383. The van der Waals surface area contributed by atoms with Gasteiger partial charge in [-0.25, -0.2) is 9.36 Å². The van der Waals surface area contributed by atoms with Crippen molar-refractivity contribution in [3.63, 3.8) is 0 Å². The highest BCUT2D eigenvalue weighted by molar-refractivity contribution is 5.94. The van der Waals surface area contributed by atoms with E-state index in [0.717, 1.165) is 36.1 Å². The van der Waals surface area contributed by atoms with Crippen LogP contribution in [0.25, 0.3) is 16.6 Å². The summed E-state index contributed by atoms with van der Waals surface area (Å²) in [5.74, 6) is 0.477. The first-order valence-electron chi connectivity index (χ1n) is 11.3. The van der Waals surface area contributed by atoms with E-state index in [4.69, 9.17) is 4.74 Å². The number of rotatable bonds is 5. The van der Waals surface area contributed by atoms with E-state index in [1.165, 1.54) is 7.11 Å². The SMILES string of the molecule is COc1ccccc1-n1c(=O)c2ccccc2n(Cc2ccc(C(=O)N3CCCC3)cc2)c1=O. The molecule has 4 aromatic rings. The van der Waals surface area contributed by atoms with Gasteiger partial charge in [-0.15, -0.1) is 0 Å². The van der Waals surface area contributed by atoms with Crippen LogP contribution in [0.4, 0.5) is 0 Å². The second-order valence-corrected chi connectivity index (χ2v) is 8.39. The molecule has 1 fully saturated rings. The fraction of sp³-hybridized carbons (Fsp3) is 0.222. The normalized spacial score (nSPS) is 13.4. The third kappa shape index (κ3) is 3.79. The molecule has 0 saturated carbocycles. The van der Waals surface area contributed by atoms with Crippen molar-refractivity contribution in [3.8, 4) is 11.4 Å². The molecule has 7 nitrogen and oxygen atoms in total. The molecule has 3 aromatic carbocycles. The maximum absolute atomic E-state index is 13.6. The number of benzene rings is 3. The molecule has 1 aliphatic heterocycles.